The molecule has 3 rings (SSSR count). The SMILES string of the molecule is OC(c1ccc2ccccc2c1F)C1CC1. The third-order valence-electron chi connectivity index (χ3n) is 3.28. The lowest BCUT2D eigenvalue weighted by Crippen LogP contribution is -2.02. The van der Waals surface area contributed by atoms with Gasteiger partial charge in [-0.2, -0.15) is 0 Å². The molecular formula is C14H13FO. The number of aliphatic hydroxyl groups is 1. The molecule has 0 radical (unpaired) electrons. The minimum atomic E-state index is -0.635. The second-order valence-electron chi connectivity index (χ2n) is 4.47. The van der Waals surface area contributed by atoms with Gasteiger partial charge in [0.2, 0.25) is 0 Å². The van der Waals surface area contributed by atoms with Crippen molar-refractivity contribution in [1.29, 1.82) is 0 Å². The lowest BCUT2D eigenvalue weighted by atomic mass is 10.00. The Bertz CT molecular complexity index is 531. The van der Waals surface area contributed by atoms with Crippen LogP contribution < -0.4 is 0 Å². The van der Waals surface area contributed by atoms with Crippen LogP contribution in [0.1, 0.15) is 24.5 Å². The Morgan fingerprint density at radius 2 is 1.88 bits per heavy atom. The van der Waals surface area contributed by atoms with Gasteiger partial charge in [0.25, 0.3) is 0 Å². The van der Waals surface area contributed by atoms with Crippen LogP contribution in [0.4, 0.5) is 4.39 Å². The normalized spacial score (nSPS) is 17.6. The molecule has 82 valence electrons. The Balaban J connectivity index is 2.15. The number of hydrogen-bond acceptors (Lipinski definition) is 1. The van der Waals surface area contributed by atoms with Crippen LogP contribution >= 0.6 is 0 Å². The highest BCUT2D eigenvalue weighted by Crippen LogP contribution is 2.42. The van der Waals surface area contributed by atoms with Gasteiger partial charge in [-0.25, -0.2) is 4.39 Å². The summed E-state index contributed by atoms with van der Waals surface area (Å²) in [5, 5.41) is 11.4. The van der Waals surface area contributed by atoms with Crippen molar-refractivity contribution < 1.29 is 9.50 Å². The van der Waals surface area contributed by atoms with Gasteiger partial charge in [0.05, 0.1) is 6.10 Å². The fourth-order valence-corrected chi connectivity index (χ4v) is 2.14. The van der Waals surface area contributed by atoms with Crippen molar-refractivity contribution in [2.45, 2.75) is 18.9 Å². The average Bonchev–Trinajstić information content (AvgIpc) is 3.13. The summed E-state index contributed by atoms with van der Waals surface area (Å²) in [7, 11) is 0. The number of halogens is 1. The maximum atomic E-state index is 14.1. The zero-order chi connectivity index (χ0) is 11.1. The van der Waals surface area contributed by atoms with E-state index >= 15 is 0 Å². The predicted octanol–water partition coefficient (Wildman–Crippen LogP) is 3.42. The zero-order valence-electron chi connectivity index (χ0n) is 8.86. The van der Waals surface area contributed by atoms with Gasteiger partial charge in [0.15, 0.2) is 0 Å². The first-order valence-corrected chi connectivity index (χ1v) is 5.62. The molecule has 2 aromatic rings. The van der Waals surface area contributed by atoms with Gasteiger partial charge in [0.1, 0.15) is 5.82 Å². The molecule has 0 aromatic heterocycles. The Morgan fingerprint density at radius 3 is 2.62 bits per heavy atom. The highest BCUT2D eigenvalue weighted by Gasteiger charge is 2.32. The van der Waals surface area contributed by atoms with Crippen LogP contribution in [0.5, 0.6) is 0 Å². The first-order valence-electron chi connectivity index (χ1n) is 5.62. The van der Waals surface area contributed by atoms with Crippen molar-refractivity contribution in [3.8, 4) is 0 Å². The van der Waals surface area contributed by atoms with E-state index < -0.39 is 6.10 Å². The third-order valence-corrected chi connectivity index (χ3v) is 3.28. The molecule has 1 N–H and O–H groups in total. The van der Waals surface area contributed by atoms with Crippen LogP contribution in [0.2, 0.25) is 0 Å². The zero-order valence-corrected chi connectivity index (χ0v) is 8.86. The lowest BCUT2D eigenvalue weighted by Gasteiger charge is -2.12. The summed E-state index contributed by atoms with van der Waals surface area (Å²) in [6.07, 6.45) is 1.38. The number of benzene rings is 2. The molecule has 1 aliphatic rings. The van der Waals surface area contributed by atoms with Gasteiger partial charge < -0.3 is 5.11 Å². The molecule has 0 aliphatic heterocycles. The molecule has 0 heterocycles. The summed E-state index contributed by atoms with van der Waals surface area (Å²) in [6, 6.07) is 10.9. The molecule has 1 unspecified atom stereocenters. The van der Waals surface area contributed by atoms with Crippen molar-refractivity contribution in [1.82, 2.24) is 0 Å². The molecular weight excluding hydrogens is 203 g/mol. The minimum Gasteiger partial charge on any atom is -0.388 e. The average molecular weight is 216 g/mol. The van der Waals surface area contributed by atoms with Crippen LogP contribution in [0, 0.1) is 11.7 Å². The monoisotopic (exact) mass is 216 g/mol. The molecule has 1 nitrogen and oxygen atoms in total. The quantitative estimate of drug-likeness (QED) is 0.815. The summed E-state index contributed by atoms with van der Waals surface area (Å²) < 4.78 is 14.1. The van der Waals surface area contributed by atoms with Crippen LogP contribution in [0.25, 0.3) is 10.8 Å². The van der Waals surface area contributed by atoms with Gasteiger partial charge in [-0.3, -0.25) is 0 Å². The van der Waals surface area contributed by atoms with E-state index in [2.05, 4.69) is 0 Å². The van der Waals surface area contributed by atoms with Crippen LogP contribution in [0.15, 0.2) is 36.4 Å². The standard InChI is InChI=1S/C14H13FO/c15-13-11-4-2-1-3-9(11)7-8-12(13)14(16)10-5-6-10/h1-4,7-8,10,14,16H,5-6H2. The largest absolute Gasteiger partial charge is 0.388 e. The van der Waals surface area contributed by atoms with E-state index in [1.165, 1.54) is 0 Å². The van der Waals surface area contributed by atoms with E-state index in [9.17, 15) is 9.50 Å². The highest BCUT2D eigenvalue weighted by atomic mass is 19.1. The van der Waals surface area contributed by atoms with Crippen molar-refractivity contribution in [2.24, 2.45) is 5.92 Å². The van der Waals surface area contributed by atoms with Gasteiger partial charge in [-0.05, 0) is 24.1 Å². The van der Waals surface area contributed by atoms with Gasteiger partial charge in [-0.1, -0.05) is 36.4 Å². The molecule has 2 heteroatoms. The first-order chi connectivity index (χ1) is 7.77. The minimum absolute atomic E-state index is 0.260. The second-order valence-corrected chi connectivity index (χ2v) is 4.47. The van der Waals surface area contributed by atoms with Crippen LogP contribution in [0.3, 0.4) is 0 Å². The number of hydrogen-bond donors (Lipinski definition) is 1. The van der Waals surface area contributed by atoms with Crippen LogP contribution in [-0.4, -0.2) is 5.11 Å². The molecule has 1 saturated carbocycles. The number of fused-ring (bicyclic) bond motifs is 1. The van der Waals surface area contributed by atoms with Crippen molar-refractivity contribution >= 4 is 10.8 Å². The molecule has 0 bridgehead atoms. The number of rotatable bonds is 2. The third kappa shape index (κ3) is 1.50. The fourth-order valence-electron chi connectivity index (χ4n) is 2.14. The van der Waals surface area contributed by atoms with E-state index in [1.807, 2.05) is 24.3 Å². The summed E-state index contributed by atoms with van der Waals surface area (Å²) in [4.78, 5) is 0. The molecule has 0 amide bonds. The lowest BCUT2D eigenvalue weighted by molar-refractivity contribution is 0.149. The summed E-state index contributed by atoms with van der Waals surface area (Å²) in [6.45, 7) is 0. The smallest absolute Gasteiger partial charge is 0.136 e. The van der Waals surface area contributed by atoms with E-state index in [1.54, 1.807) is 12.1 Å². The van der Waals surface area contributed by atoms with Gasteiger partial charge in [-0.15, -0.1) is 0 Å². The Morgan fingerprint density at radius 1 is 1.12 bits per heavy atom. The summed E-state index contributed by atoms with van der Waals surface area (Å²) in [5.74, 6) is -0.00633. The highest BCUT2D eigenvalue weighted by molar-refractivity contribution is 5.83. The fraction of sp³-hybridized carbons (Fsp3) is 0.286. The molecule has 16 heavy (non-hydrogen) atoms. The van der Waals surface area contributed by atoms with E-state index in [0.717, 1.165) is 18.2 Å². The topological polar surface area (TPSA) is 20.2 Å². The summed E-state index contributed by atoms with van der Waals surface area (Å²) >= 11 is 0. The maximum absolute atomic E-state index is 14.1. The van der Waals surface area contributed by atoms with Crippen molar-refractivity contribution in [3.63, 3.8) is 0 Å². The van der Waals surface area contributed by atoms with E-state index in [0.29, 0.717) is 10.9 Å². The molecule has 1 aliphatic carbocycles. The van der Waals surface area contributed by atoms with Gasteiger partial charge >= 0.3 is 0 Å². The van der Waals surface area contributed by atoms with Crippen molar-refractivity contribution in [2.75, 3.05) is 0 Å². The predicted molar refractivity (Wildman–Crippen MR) is 61.6 cm³/mol. The van der Waals surface area contributed by atoms with Crippen LogP contribution in [-0.2, 0) is 0 Å². The Hall–Kier alpha value is -1.41. The maximum Gasteiger partial charge on any atom is 0.136 e. The van der Waals surface area contributed by atoms with Crippen molar-refractivity contribution in [3.05, 3.63) is 47.8 Å². The second kappa shape index (κ2) is 3.56. The Kier molecular flexibility index (Phi) is 2.18. The summed E-state index contributed by atoms with van der Waals surface area (Å²) in [5.41, 5.74) is 0.446. The van der Waals surface area contributed by atoms with Gasteiger partial charge in [0, 0.05) is 10.9 Å². The molecule has 2 aromatic carbocycles. The molecule has 1 atom stereocenters. The first kappa shape index (κ1) is 9.79. The number of aliphatic hydroxyl groups excluding tert-OH is 1. The molecule has 0 spiro atoms. The van der Waals surface area contributed by atoms with E-state index in [-0.39, 0.29) is 11.7 Å². The Labute approximate surface area is 93.5 Å². The van der Waals surface area contributed by atoms with E-state index in [4.69, 9.17) is 0 Å². The molecule has 0 saturated heterocycles. The molecule has 1 fully saturated rings.